The molecule has 1 amide bonds. The van der Waals surface area contributed by atoms with Crippen LogP contribution < -0.4 is 10.6 Å². The van der Waals surface area contributed by atoms with Crippen LogP contribution >= 0.6 is 0 Å². The first-order chi connectivity index (χ1) is 8.31. The Hall–Kier alpha value is -0.820. The molecule has 0 spiro atoms. The van der Waals surface area contributed by atoms with Gasteiger partial charge >= 0.3 is 6.18 Å². The summed E-state index contributed by atoms with van der Waals surface area (Å²) in [6, 6.07) is 0. The summed E-state index contributed by atoms with van der Waals surface area (Å²) in [5.41, 5.74) is 0. The van der Waals surface area contributed by atoms with Crippen molar-refractivity contribution < 1.29 is 22.7 Å². The molecule has 4 nitrogen and oxygen atoms in total. The first-order valence-electron chi connectivity index (χ1n) is 5.93. The van der Waals surface area contributed by atoms with Gasteiger partial charge in [0.25, 0.3) is 0 Å². The molecular weight excluding hydrogens is 249 g/mol. The smallest absolute Gasteiger partial charge is 0.380 e. The van der Waals surface area contributed by atoms with Gasteiger partial charge in [-0.2, -0.15) is 13.2 Å². The van der Waals surface area contributed by atoms with Crippen molar-refractivity contribution in [2.75, 3.05) is 32.8 Å². The van der Waals surface area contributed by atoms with Crippen LogP contribution in [0.3, 0.4) is 0 Å². The number of ether oxygens (including phenoxy) is 1. The van der Waals surface area contributed by atoms with Crippen molar-refractivity contribution in [1.29, 1.82) is 0 Å². The SMILES string of the molecule is CC(C)CCOCCNCC(=O)NCC(F)(F)F. The second kappa shape index (κ2) is 9.16. The number of rotatable bonds is 9. The maximum Gasteiger partial charge on any atom is 0.405 e. The molecule has 0 aliphatic heterocycles. The van der Waals surface area contributed by atoms with E-state index in [1.807, 2.05) is 0 Å². The number of nitrogens with one attached hydrogen (secondary N) is 2. The molecule has 0 atom stereocenters. The molecule has 2 N–H and O–H groups in total. The van der Waals surface area contributed by atoms with Gasteiger partial charge < -0.3 is 15.4 Å². The van der Waals surface area contributed by atoms with Gasteiger partial charge in [-0.3, -0.25) is 4.79 Å². The van der Waals surface area contributed by atoms with E-state index in [2.05, 4.69) is 19.2 Å². The van der Waals surface area contributed by atoms with Crippen LogP contribution in [0.25, 0.3) is 0 Å². The van der Waals surface area contributed by atoms with Crippen LogP contribution in [0.4, 0.5) is 13.2 Å². The maximum absolute atomic E-state index is 11.8. The highest BCUT2D eigenvalue weighted by Crippen LogP contribution is 2.11. The van der Waals surface area contributed by atoms with Crippen LogP contribution in [-0.4, -0.2) is 44.9 Å². The van der Waals surface area contributed by atoms with E-state index in [1.54, 1.807) is 5.32 Å². The number of amides is 1. The van der Waals surface area contributed by atoms with E-state index < -0.39 is 18.6 Å². The van der Waals surface area contributed by atoms with Crippen LogP contribution in [0.15, 0.2) is 0 Å². The molecule has 0 unspecified atom stereocenters. The second-order valence-electron chi connectivity index (χ2n) is 4.36. The Morgan fingerprint density at radius 3 is 2.50 bits per heavy atom. The van der Waals surface area contributed by atoms with Crippen molar-refractivity contribution in [2.45, 2.75) is 26.4 Å². The van der Waals surface area contributed by atoms with E-state index in [9.17, 15) is 18.0 Å². The highest BCUT2D eigenvalue weighted by atomic mass is 19.4. The summed E-state index contributed by atoms with van der Waals surface area (Å²) < 4.78 is 40.5. The fourth-order valence-corrected chi connectivity index (χ4v) is 1.03. The largest absolute Gasteiger partial charge is 0.405 e. The van der Waals surface area contributed by atoms with Crippen LogP contribution in [0, 0.1) is 5.92 Å². The lowest BCUT2D eigenvalue weighted by Crippen LogP contribution is -2.39. The quantitative estimate of drug-likeness (QED) is 0.621. The minimum absolute atomic E-state index is 0.135. The molecule has 0 rings (SSSR count). The van der Waals surface area contributed by atoms with Gasteiger partial charge in [0.1, 0.15) is 6.54 Å². The zero-order valence-corrected chi connectivity index (χ0v) is 10.8. The average molecular weight is 270 g/mol. The summed E-state index contributed by atoms with van der Waals surface area (Å²) >= 11 is 0. The molecule has 0 saturated heterocycles. The molecule has 0 saturated carbocycles. The Morgan fingerprint density at radius 2 is 1.94 bits per heavy atom. The van der Waals surface area contributed by atoms with Crippen molar-refractivity contribution in [1.82, 2.24) is 10.6 Å². The summed E-state index contributed by atoms with van der Waals surface area (Å²) in [6.07, 6.45) is -3.40. The number of halogens is 3. The minimum Gasteiger partial charge on any atom is -0.380 e. The number of alkyl halides is 3. The third-order valence-electron chi connectivity index (χ3n) is 2.03. The lowest BCUT2D eigenvalue weighted by Gasteiger charge is -2.09. The standard InChI is InChI=1S/C11H21F3N2O2/c1-9(2)3-5-18-6-4-15-7-10(17)16-8-11(12,13)14/h9,15H,3-8H2,1-2H3,(H,16,17). The van der Waals surface area contributed by atoms with Crippen molar-refractivity contribution in [3.8, 4) is 0 Å². The van der Waals surface area contributed by atoms with Crippen molar-refractivity contribution in [3.63, 3.8) is 0 Å². The molecule has 0 bridgehead atoms. The first kappa shape index (κ1) is 17.2. The van der Waals surface area contributed by atoms with Gasteiger partial charge in [-0.25, -0.2) is 0 Å². The molecule has 0 aliphatic rings. The van der Waals surface area contributed by atoms with Gasteiger partial charge in [-0.1, -0.05) is 13.8 Å². The molecule has 7 heteroatoms. The molecule has 108 valence electrons. The lowest BCUT2D eigenvalue weighted by molar-refractivity contribution is -0.137. The van der Waals surface area contributed by atoms with E-state index in [1.165, 1.54) is 0 Å². The molecule has 0 aromatic rings. The van der Waals surface area contributed by atoms with Gasteiger partial charge in [0.15, 0.2) is 0 Å². The first-order valence-corrected chi connectivity index (χ1v) is 5.93. The number of hydrogen-bond donors (Lipinski definition) is 2. The van der Waals surface area contributed by atoms with Gasteiger partial charge in [-0.05, 0) is 12.3 Å². The van der Waals surface area contributed by atoms with Crippen molar-refractivity contribution in [2.24, 2.45) is 5.92 Å². The molecule has 0 radical (unpaired) electrons. The molecule has 18 heavy (non-hydrogen) atoms. The summed E-state index contributed by atoms with van der Waals surface area (Å²) in [5, 5.41) is 4.48. The lowest BCUT2D eigenvalue weighted by atomic mass is 10.1. The molecule has 0 heterocycles. The van der Waals surface area contributed by atoms with Crippen LogP contribution in [0.2, 0.25) is 0 Å². The average Bonchev–Trinajstić information content (AvgIpc) is 2.23. The Bertz CT molecular complexity index is 233. The monoisotopic (exact) mass is 270 g/mol. The number of carbonyl (C=O) groups is 1. The summed E-state index contributed by atoms with van der Waals surface area (Å²) in [7, 11) is 0. The van der Waals surface area contributed by atoms with E-state index in [-0.39, 0.29) is 6.54 Å². The predicted octanol–water partition coefficient (Wildman–Crippen LogP) is 1.32. The fourth-order valence-electron chi connectivity index (χ4n) is 1.03. The van der Waals surface area contributed by atoms with E-state index in [0.717, 1.165) is 6.42 Å². The Kier molecular flexibility index (Phi) is 8.74. The Balaban J connectivity index is 3.31. The van der Waals surface area contributed by atoms with Crippen molar-refractivity contribution in [3.05, 3.63) is 0 Å². The number of hydrogen-bond acceptors (Lipinski definition) is 3. The predicted molar refractivity (Wildman–Crippen MR) is 62.2 cm³/mol. The van der Waals surface area contributed by atoms with Crippen LogP contribution in [-0.2, 0) is 9.53 Å². The normalized spacial score (nSPS) is 11.9. The highest BCUT2D eigenvalue weighted by molar-refractivity contribution is 5.77. The zero-order chi connectivity index (χ0) is 14.0. The zero-order valence-electron chi connectivity index (χ0n) is 10.8. The topological polar surface area (TPSA) is 50.4 Å². The second-order valence-corrected chi connectivity index (χ2v) is 4.36. The van der Waals surface area contributed by atoms with E-state index in [4.69, 9.17) is 4.74 Å². The summed E-state index contributed by atoms with van der Waals surface area (Å²) in [4.78, 5) is 11.0. The van der Waals surface area contributed by atoms with Crippen LogP contribution in [0.1, 0.15) is 20.3 Å². The summed E-state index contributed by atoms with van der Waals surface area (Å²) in [6.45, 7) is 4.29. The highest BCUT2D eigenvalue weighted by Gasteiger charge is 2.27. The number of carbonyl (C=O) groups excluding carboxylic acids is 1. The fraction of sp³-hybridized carbons (Fsp3) is 0.909. The Labute approximate surface area is 105 Å². The Morgan fingerprint density at radius 1 is 1.28 bits per heavy atom. The molecule has 0 aromatic heterocycles. The molecule has 0 aromatic carbocycles. The maximum atomic E-state index is 11.8. The summed E-state index contributed by atoms with van der Waals surface area (Å²) in [5.74, 6) is -0.0967. The van der Waals surface area contributed by atoms with Gasteiger partial charge in [0.2, 0.25) is 5.91 Å². The molecule has 0 aliphatic carbocycles. The third-order valence-corrected chi connectivity index (χ3v) is 2.03. The third kappa shape index (κ3) is 13.2. The van der Waals surface area contributed by atoms with Gasteiger partial charge in [0, 0.05) is 13.2 Å². The van der Waals surface area contributed by atoms with Crippen molar-refractivity contribution >= 4 is 5.91 Å². The molecular formula is C11H21F3N2O2. The molecule has 0 fully saturated rings. The minimum atomic E-state index is -4.37. The van der Waals surface area contributed by atoms with Crippen LogP contribution in [0.5, 0.6) is 0 Å². The van der Waals surface area contributed by atoms with Gasteiger partial charge in [-0.15, -0.1) is 0 Å². The van der Waals surface area contributed by atoms with E-state index in [0.29, 0.717) is 25.7 Å². The van der Waals surface area contributed by atoms with E-state index >= 15 is 0 Å². The van der Waals surface area contributed by atoms with Gasteiger partial charge in [0.05, 0.1) is 13.2 Å².